The molecule has 1 atom stereocenters. The van der Waals surface area contributed by atoms with Crippen molar-refractivity contribution in [2.24, 2.45) is 0 Å². The second-order valence-electron chi connectivity index (χ2n) is 8.93. The molecule has 12 heteroatoms. The molecule has 3 aromatic rings. The van der Waals surface area contributed by atoms with Crippen molar-refractivity contribution in [2.45, 2.75) is 44.3 Å². The van der Waals surface area contributed by atoms with Crippen LogP contribution in [0.5, 0.6) is 0 Å². The maximum absolute atomic E-state index is 13.2. The van der Waals surface area contributed by atoms with E-state index < -0.39 is 12.6 Å². The number of carbonyl (C=O) groups is 2. The standard InChI is InChI=1S/C26H25F3N6O2S/c1-38-15-22(36)33-24-23-20(34-35(24)21-8-6-18(13-30)14-31-21)12-19(32-25(23)37)7-5-16-3-2-4-17(11-16)9-10-26(27,28)29/h2-4,6,8,11,14,19H,5,7,9-10,12,15H2,1H3,(H,32,37)(H,33,36). The average molecular weight is 543 g/mol. The number of nitriles is 1. The summed E-state index contributed by atoms with van der Waals surface area (Å²) in [5.41, 5.74) is 2.63. The number of aryl methyl sites for hydroxylation is 2. The van der Waals surface area contributed by atoms with Crippen LogP contribution in [0.25, 0.3) is 5.82 Å². The number of benzene rings is 1. The number of rotatable bonds is 9. The molecule has 2 aromatic heterocycles. The van der Waals surface area contributed by atoms with Crippen LogP contribution in [-0.4, -0.2) is 50.8 Å². The van der Waals surface area contributed by atoms with Crippen molar-refractivity contribution in [1.29, 1.82) is 5.26 Å². The zero-order valence-electron chi connectivity index (χ0n) is 20.5. The number of carbonyl (C=O) groups excluding carboxylic acids is 2. The van der Waals surface area contributed by atoms with Gasteiger partial charge in [-0.25, -0.2) is 4.98 Å². The molecule has 1 aromatic carbocycles. The number of amides is 2. The number of aromatic nitrogens is 3. The summed E-state index contributed by atoms with van der Waals surface area (Å²) in [6.45, 7) is 0. The number of anilines is 1. The summed E-state index contributed by atoms with van der Waals surface area (Å²) in [6, 6.07) is 12.0. The lowest BCUT2D eigenvalue weighted by molar-refractivity contribution is -0.134. The predicted octanol–water partition coefficient (Wildman–Crippen LogP) is 4.22. The van der Waals surface area contributed by atoms with Crippen LogP contribution in [0.4, 0.5) is 19.0 Å². The Kier molecular flexibility index (Phi) is 8.36. The van der Waals surface area contributed by atoms with Crippen LogP contribution in [0, 0.1) is 11.3 Å². The topological polar surface area (TPSA) is 113 Å². The second-order valence-corrected chi connectivity index (χ2v) is 9.79. The molecule has 1 aliphatic rings. The fourth-order valence-corrected chi connectivity index (χ4v) is 4.62. The third kappa shape index (κ3) is 6.72. The molecular formula is C26H25F3N6O2S. The number of alkyl halides is 3. The van der Waals surface area contributed by atoms with E-state index in [2.05, 4.69) is 20.7 Å². The fourth-order valence-electron chi connectivity index (χ4n) is 4.29. The van der Waals surface area contributed by atoms with E-state index in [1.54, 1.807) is 36.6 Å². The first-order valence-electron chi connectivity index (χ1n) is 11.9. The molecule has 38 heavy (non-hydrogen) atoms. The van der Waals surface area contributed by atoms with Gasteiger partial charge in [-0.05, 0) is 48.8 Å². The molecule has 0 saturated heterocycles. The SMILES string of the molecule is CSCC(=O)Nc1c2c(nn1-c1ccc(C#N)cn1)CC(CCc1cccc(CCC(F)(F)F)c1)NC2=O. The molecule has 3 heterocycles. The third-order valence-corrected chi connectivity index (χ3v) is 6.61. The Bertz CT molecular complexity index is 1360. The van der Waals surface area contributed by atoms with Gasteiger partial charge in [0.2, 0.25) is 5.91 Å². The number of nitrogens with one attached hydrogen (secondary N) is 2. The molecule has 1 aliphatic heterocycles. The van der Waals surface area contributed by atoms with E-state index in [0.29, 0.717) is 41.9 Å². The highest BCUT2D eigenvalue weighted by Gasteiger charge is 2.33. The first-order chi connectivity index (χ1) is 18.2. The van der Waals surface area contributed by atoms with Crippen LogP contribution in [0.3, 0.4) is 0 Å². The first-order valence-corrected chi connectivity index (χ1v) is 13.3. The molecule has 4 rings (SSSR count). The van der Waals surface area contributed by atoms with Gasteiger partial charge in [-0.15, -0.1) is 0 Å². The van der Waals surface area contributed by atoms with Crippen molar-refractivity contribution in [3.63, 3.8) is 0 Å². The minimum atomic E-state index is -4.20. The molecule has 0 radical (unpaired) electrons. The summed E-state index contributed by atoms with van der Waals surface area (Å²) in [5.74, 6) is 0.0694. The number of halogens is 3. The Morgan fingerprint density at radius 3 is 2.68 bits per heavy atom. The maximum Gasteiger partial charge on any atom is 0.389 e. The van der Waals surface area contributed by atoms with Crippen molar-refractivity contribution in [2.75, 3.05) is 17.3 Å². The van der Waals surface area contributed by atoms with E-state index in [9.17, 15) is 22.8 Å². The normalized spacial score (nSPS) is 14.9. The summed E-state index contributed by atoms with van der Waals surface area (Å²) < 4.78 is 39.1. The minimum Gasteiger partial charge on any atom is -0.349 e. The van der Waals surface area contributed by atoms with Crippen LogP contribution in [0.1, 0.15) is 45.6 Å². The van der Waals surface area contributed by atoms with Gasteiger partial charge in [0.1, 0.15) is 11.6 Å². The number of hydrogen-bond acceptors (Lipinski definition) is 6. The van der Waals surface area contributed by atoms with Crippen molar-refractivity contribution in [3.8, 4) is 11.9 Å². The molecule has 198 valence electrons. The van der Waals surface area contributed by atoms with Gasteiger partial charge in [0.15, 0.2) is 11.6 Å². The van der Waals surface area contributed by atoms with Gasteiger partial charge in [-0.1, -0.05) is 24.3 Å². The molecule has 8 nitrogen and oxygen atoms in total. The van der Waals surface area contributed by atoms with Gasteiger partial charge in [0.25, 0.3) is 5.91 Å². The average Bonchev–Trinajstić information content (AvgIpc) is 3.24. The lowest BCUT2D eigenvalue weighted by Crippen LogP contribution is -2.41. The number of nitrogens with zero attached hydrogens (tertiary/aromatic N) is 4. The van der Waals surface area contributed by atoms with E-state index >= 15 is 0 Å². The van der Waals surface area contributed by atoms with Crippen LogP contribution < -0.4 is 10.6 Å². The first kappa shape index (κ1) is 27.2. The third-order valence-electron chi connectivity index (χ3n) is 6.06. The highest BCUT2D eigenvalue weighted by Crippen LogP contribution is 2.29. The predicted molar refractivity (Wildman–Crippen MR) is 137 cm³/mol. The van der Waals surface area contributed by atoms with E-state index in [0.717, 1.165) is 5.56 Å². The van der Waals surface area contributed by atoms with Crippen LogP contribution in [0.2, 0.25) is 0 Å². The number of hydrogen-bond donors (Lipinski definition) is 2. The Morgan fingerprint density at radius 1 is 1.26 bits per heavy atom. The minimum absolute atomic E-state index is 0.0767. The van der Waals surface area contributed by atoms with Crippen molar-refractivity contribution in [3.05, 3.63) is 70.5 Å². The fraction of sp³-hybridized carbons (Fsp3) is 0.346. The molecule has 0 bridgehead atoms. The zero-order valence-corrected chi connectivity index (χ0v) is 21.3. The van der Waals surface area contributed by atoms with Crippen LogP contribution in [0.15, 0.2) is 42.6 Å². The van der Waals surface area contributed by atoms with Crippen molar-refractivity contribution >= 4 is 29.4 Å². The van der Waals surface area contributed by atoms with Gasteiger partial charge < -0.3 is 10.6 Å². The lowest BCUT2D eigenvalue weighted by atomic mass is 9.95. The number of fused-ring (bicyclic) bond motifs is 1. The largest absolute Gasteiger partial charge is 0.389 e. The van der Waals surface area contributed by atoms with Gasteiger partial charge in [-0.2, -0.15) is 40.0 Å². The number of pyridine rings is 1. The molecule has 2 N–H and O–H groups in total. The molecule has 0 spiro atoms. The Labute approximate surface area is 221 Å². The summed E-state index contributed by atoms with van der Waals surface area (Å²) in [6.07, 6.45) is -0.447. The molecule has 0 saturated carbocycles. The van der Waals surface area contributed by atoms with Crippen LogP contribution >= 0.6 is 11.8 Å². The molecule has 1 unspecified atom stereocenters. The van der Waals surface area contributed by atoms with E-state index in [-0.39, 0.29) is 41.4 Å². The molecule has 2 amide bonds. The lowest BCUT2D eigenvalue weighted by Gasteiger charge is -2.23. The second kappa shape index (κ2) is 11.7. The van der Waals surface area contributed by atoms with Gasteiger partial charge in [0.05, 0.1) is 17.0 Å². The van der Waals surface area contributed by atoms with Gasteiger partial charge in [-0.3, -0.25) is 9.59 Å². The quantitative estimate of drug-likeness (QED) is 0.419. The highest BCUT2D eigenvalue weighted by molar-refractivity contribution is 7.99. The zero-order chi connectivity index (χ0) is 27.3. The Morgan fingerprint density at radius 2 is 2.03 bits per heavy atom. The summed E-state index contributed by atoms with van der Waals surface area (Å²) in [5, 5.41) is 19.4. The van der Waals surface area contributed by atoms with E-state index in [1.165, 1.54) is 22.6 Å². The number of thioether (sulfide) groups is 1. The Hall–Kier alpha value is -3.85. The Balaban J connectivity index is 1.53. The summed E-state index contributed by atoms with van der Waals surface area (Å²) in [7, 11) is 0. The highest BCUT2D eigenvalue weighted by atomic mass is 32.2. The van der Waals surface area contributed by atoms with Gasteiger partial charge >= 0.3 is 6.18 Å². The van der Waals surface area contributed by atoms with Crippen molar-refractivity contribution in [1.82, 2.24) is 20.1 Å². The maximum atomic E-state index is 13.2. The molecular weight excluding hydrogens is 517 g/mol. The molecule has 0 aliphatic carbocycles. The van der Waals surface area contributed by atoms with Crippen molar-refractivity contribution < 1.29 is 22.8 Å². The van der Waals surface area contributed by atoms with Gasteiger partial charge in [0, 0.05) is 25.1 Å². The molecule has 0 fully saturated rings. The monoisotopic (exact) mass is 542 g/mol. The summed E-state index contributed by atoms with van der Waals surface area (Å²) in [4.78, 5) is 29.8. The smallest absolute Gasteiger partial charge is 0.349 e. The van der Waals surface area contributed by atoms with E-state index in [1.807, 2.05) is 12.1 Å². The summed E-state index contributed by atoms with van der Waals surface area (Å²) >= 11 is 1.34. The van der Waals surface area contributed by atoms with Crippen LogP contribution in [-0.2, 0) is 24.1 Å². The van der Waals surface area contributed by atoms with E-state index in [4.69, 9.17) is 5.26 Å².